The smallest absolute Gasteiger partial charge is 0.274 e. The topological polar surface area (TPSA) is 124 Å². The second-order valence-corrected chi connectivity index (χ2v) is 6.48. The van der Waals surface area contributed by atoms with Crippen LogP contribution >= 0.6 is 0 Å². The predicted octanol–water partition coefficient (Wildman–Crippen LogP) is -0.358. The Morgan fingerprint density at radius 1 is 1.12 bits per heavy atom. The van der Waals surface area contributed by atoms with Crippen molar-refractivity contribution in [3.8, 4) is 0 Å². The van der Waals surface area contributed by atoms with Gasteiger partial charge in [0.1, 0.15) is 15.7 Å². The van der Waals surface area contributed by atoms with Gasteiger partial charge in [0.25, 0.3) is 11.8 Å². The number of nitrogens with one attached hydrogen (secondary N) is 2. The number of carbonyl (C=O) groups excluding carboxylic acids is 2. The van der Waals surface area contributed by atoms with E-state index in [9.17, 15) is 22.6 Å². The average Bonchev–Trinajstić information content (AvgIpc) is 2.97. The third kappa shape index (κ3) is 5.14. The average molecular weight is 382 g/mol. The third-order valence-electron chi connectivity index (χ3n) is 3.51. The number of benzene rings is 1. The Labute approximate surface area is 152 Å². The van der Waals surface area contributed by atoms with E-state index in [0.29, 0.717) is 17.8 Å². The van der Waals surface area contributed by atoms with Crippen molar-refractivity contribution in [2.24, 2.45) is 7.05 Å². The third-order valence-corrected chi connectivity index (χ3v) is 4.36. The summed E-state index contributed by atoms with van der Waals surface area (Å²) in [5.41, 5.74) is 0.745. The summed E-state index contributed by atoms with van der Waals surface area (Å²) in [5, 5.41) is 5.05. The maximum absolute atomic E-state index is 11.7. The summed E-state index contributed by atoms with van der Waals surface area (Å²) in [6, 6.07) is 7.19. The van der Waals surface area contributed by atoms with Crippen LogP contribution in [-0.4, -0.2) is 43.6 Å². The van der Waals surface area contributed by atoms with E-state index >= 15 is 0 Å². The minimum Gasteiger partial charge on any atom is -0.744 e. The summed E-state index contributed by atoms with van der Waals surface area (Å²) in [5.74, 6) is -0.533. The molecule has 1 aromatic heterocycles. The first-order chi connectivity index (χ1) is 12.2. The zero-order valence-corrected chi connectivity index (χ0v) is 15.8. The van der Waals surface area contributed by atoms with Gasteiger partial charge in [0.05, 0.1) is 11.9 Å². The monoisotopic (exact) mass is 382 g/mol. The molecule has 0 atom stereocenters. The van der Waals surface area contributed by atoms with Gasteiger partial charge in [-0.15, -0.1) is 4.68 Å². The van der Waals surface area contributed by atoms with Crippen LogP contribution in [0.3, 0.4) is 0 Å². The van der Waals surface area contributed by atoms with E-state index in [-0.39, 0.29) is 16.7 Å². The first-order valence-corrected chi connectivity index (χ1v) is 9.12. The van der Waals surface area contributed by atoms with E-state index < -0.39 is 10.1 Å². The van der Waals surface area contributed by atoms with Crippen LogP contribution < -0.4 is 15.3 Å². The highest BCUT2D eigenvalue weighted by Gasteiger charge is 2.27. The first kappa shape index (κ1) is 21.3. The molecule has 26 heavy (non-hydrogen) atoms. The number of amides is 2. The van der Waals surface area contributed by atoms with Crippen molar-refractivity contribution in [1.82, 2.24) is 15.3 Å². The molecule has 1 aromatic carbocycles. The van der Waals surface area contributed by atoms with Crippen LogP contribution in [0.5, 0.6) is 0 Å². The normalized spacial score (nSPS) is 10.5. The second-order valence-electron chi connectivity index (χ2n) is 5.10. The molecule has 0 unspecified atom stereocenters. The van der Waals surface area contributed by atoms with Crippen molar-refractivity contribution in [2.75, 3.05) is 14.1 Å². The summed E-state index contributed by atoms with van der Waals surface area (Å²) in [4.78, 5) is 23.1. The van der Waals surface area contributed by atoms with Gasteiger partial charge in [0.15, 0.2) is 12.2 Å². The van der Waals surface area contributed by atoms with Gasteiger partial charge >= 0.3 is 0 Å². The molecule has 0 radical (unpaired) electrons. The molecule has 0 saturated carbocycles. The molecule has 0 bridgehead atoms. The SMILES string of the molecule is CC[n+]1cc(C(=O)NC)c(C(=O)NC)n1C.O=S(=O)([O-])c1ccccc1. The van der Waals surface area contributed by atoms with Gasteiger partial charge in [0, 0.05) is 14.1 Å². The van der Waals surface area contributed by atoms with Gasteiger partial charge in [-0.25, -0.2) is 8.42 Å². The number of aryl methyl sites for hydroxylation is 1. The Balaban J connectivity index is 0.000000289. The number of aromatic nitrogens is 2. The maximum atomic E-state index is 11.7. The van der Waals surface area contributed by atoms with Crippen LogP contribution in [0.4, 0.5) is 0 Å². The molecule has 1 heterocycles. The second kappa shape index (κ2) is 9.11. The molecule has 0 spiro atoms. The summed E-state index contributed by atoms with van der Waals surface area (Å²) in [7, 11) is 0.580. The largest absolute Gasteiger partial charge is 0.744 e. The van der Waals surface area contributed by atoms with E-state index in [2.05, 4.69) is 10.6 Å². The number of rotatable bonds is 4. The Morgan fingerprint density at radius 2 is 1.65 bits per heavy atom. The van der Waals surface area contributed by atoms with Gasteiger partial charge in [0.2, 0.25) is 6.20 Å². The lowest BCUT2D eigenvalue weighted by Gasteiger charge is -2.04. The van der Waals surface area contributed by atoms with Crippen molar-refractivity contribution in [2.45, 2.75) is 18.4 Å². The highest BCUT2D eigenvalue weighted by Crippen LogP contribution is 2.06. The van der Waals surface area contributed by atoms with Gasteiger partial charge in [-0.05, 0) is 19.1 Å². The van der Waals surface area contributed by atoms with E-state index in [0.717, 1.165) is 0 Å². The molecule has 0 aliphatic rings. The fourth-order valence-electron chi connectivity index (χ4n) is 2.18. The standard InChI is InChI=1S/C10H16N4O2.C6H6O3S/c1-5-14-6-7(9(15)11-2)8(13(14)4)10(16)12-3;7-10(8,9)6-4-2-1-3-5-6/h6H,5H2,1-4H3,(H-,11,12,15,16);1-5H,(H,7,8,9). The van der Waals surface area contributed by atoms with Gasteiger partial charge in [-0.1, -0.05) is 18.2 Å². The number of carbonyl (C=O) groups is 2. The maximum Gasteiger partial charge on any atom is 0.274 e. The van der Waals surface area contributed by atoms with Crippen LogP contribution in [0, 0.1) is 0 Å². The van der Waals surface area contributed by atoms with Gasteiger partial charge in [-0.3, -0.25) is 9.59 Å². The number of hydrogen-bond donors (Lipinski definition) is 2. The van der Waals surface area contributed by atoms with Crippen molar-refractivity contribution in [3.05, 3.63) is 47.8 Å². The fraction of sp³-hybridized carbons (Fsp3) is 0.312. The lowest BCUT2D eigenvalue weighted by Crippen LogP contribution is -2.42. The highest BCUT2D eigenvalue weighted by molar-refractivity contribution is 7.85. The molecule has 0 fully saturated rings. The van der Waals surface area contributed by atoms with Crippen molar-refractivity contribution in [3.63, 3.8) is 0 Å². The minimum atomic E-state index is -4.25. The van der Waals surface area contributed by atoms with Gasteiger partial charge < -0.3 is 15.2 Å². The quantitative estimate of drug-likeness (QED) is 0.552. The van der Waals surface area contributed by atoms with E-state index in [1.165, 1.54) is 24.3 Å². The molecular weight excluding hydrogens is 360 g/mol. The van der Waals surface area contributed by atoms with Crippen LogP contribution in [0.1, 0.15) is 27.8 Å². The highest BCUT2D eigenvalue weighted by atomic mass is 32.2. The van der Waals surface area contributed by atoms with Crippen molar-refractivity contribution >= 4 is 21.9 Å². The lowest BCUT2D eigenvalue weighted by atomic mass is 10.2. The van der Waals surface area contributed by atoms with Crippen LogP contribution in [0.25, 0.3) is 0 Å². The number of nitrogens with zero attached hydrogens (tertiary/aromatic N) is 2. The van der Waals surface area contributed by atoms with Crippen molar-refractivity contribution in [1.29, 1.82) is 0 Å². The molecule has 0 saturated heterocycles. The van der Waals surface area contributed by atoms with Crippen LogP contribution in [-0.2, 0) is 23.7 Å². The fourth-order valence-corrected chi connectivity index (χ4v) is 2.67. The molecular formula is C16H22N4O5S. The molecule has 0 aliphatic heterocycles. The molecule has 2 amide bonds. The molecule has 2 rings (SSSR count). The van der Waals surface area contributed by atoms with Crippen LogP contribution in [0.15, 0.2) is 41.4 Å². The molecule has 142 valence electrons. The van der Waals surface area contributed by atoms with Crippen LogP contribution in [0.2, 0.25) is 0 Å². The molecule has 2 N–H and O–H groups in total. The molecule has 2 aromatic rings. The Morgan fingerprint density at radius 3 is 2.04 bits per heavy atom. The molecule has 0 aliphatic carbocycles. The number of hydrogen-bond acceptors (Lipinski definition) is 5. The predicted molar refractivity (Wildman–Crippen MR) is 92.5 cm³/mol. The lowest BCUT2D eigenvalue weighted by molar-refractivity contribution is -0.770. The molecule has 10 heteroatoms. The first-order valence-electron chi connectivity index (χ1n) is 7.71. The Kier molecular flexibility index (Phi) is 7.47. The summed E-state index contributed by atoms with van der Waals surface area (Å²) >= 11 is 0. The zero-order valence-electron chi connectivity index (χ0n) is 15.0. The van der Waals surface area contributed by atoms with E-state index in [4.69, 9.17) is 0 Å². The zero-order chi connectivity index (χ0) is 19.9. The van der Waals surface area contributed by atoms with E-state index in [1.807, 2.05) is 6.92 Å². The van der Waals surface area contributed by atoms with Gasteiger partial charge in [-0.2, -0.15) is 4.68 Å². The summed E-state index contributed by atoms with van der Waals surface area (Å²) < 4.78 is 34.3. The minimum absolute atomic E-state index is 0.185. The van der Waals surface area contributed by atoms with Crippen molar-refractivity contribution < 1.29 is 27.2 Å². The summed E-state index contributed by atoms with van der Waals surface area (Å²) in [6.45, 7) is 2.64. The van der Waals surface area contributed by atoms with E-state index in [1.54, 1.807) is 42.8 Å². The molecule has 9 nitrogen and oxygen atoms in total. The Hall–Kier alpha value is -2.72. The Bertz CT molecular complexity index is 876. The summed E-state index contributed by atoms with van der Waals surface area (Å²) in [6.07, 6.45) is 1.67.